The summed E-state index contributed by atoms with van der Waals surface area (Å²) >= 11 is 6.03. The first-order valence-electron chi connectivity index (χ1n) is 8.77. The molecule has 0 saturated carbocycles. The van der Waals surface area contributed by atoms with Crippen LogP contribution in [0, 0.1) is 0 Å². The molecule has 0 aliphatic heterocycles. The van der Waals surface area contributed by atoms with Crippen molar-refractivity contribution in [1.29, 1.82) is 0 Å². The molecule has 0 radical (unpaired) electrons. The number of rotatable bonds is 2. The fraction of sp³-hybridized carbons (Fsp3) is 0. The highest BCUT2D eigenvalue weighted by molar-refractivity contribution is 6.30. The van der Waals surface area contributed by atoms with Crippen LogP contribution in [0.5, 0.6) is 0 Å². The molecule has 5 rings (SSSR count). The van der Waals surface area contributed by atoms with Crippen LogP contribution in [0.2, 0.25) is 5.02 Å². The van der Waals surface area contributed by atoms with Crippen LogP contribution in [0.1, 0.15) is 0 Å². The Morgan fingerprint density at radius 3 is 2.21 bits per heavy atom. The summed E-state index contributed by atoms with van der Waals surface area (Å²) in [5.41, 5.74) is 5.84. The fourth-order valence-electron chi connectivity index (χ4n) is 3.47. The lowest BCUT2D eigenvalue weighted by Gasteiger charge is -2.07. The first kappa shape index (κ1) is 16.7. The van der Waals surface area contributed by atoms with E-state index in [0.29, 0.717) is 16.2 Å². The molecule has 136 valence electrons. The third-order valence-corrected chi connectivity index (χ3v) is 5.07. The zero-order valence-corrected chi connectivity index (χ0v) is 15.5. The van der Waals surface area contributed by atoms with Gasteiger partial charge in [-0.05, 0) is 34.9 Å². The van der Waals surface area contributed by atoms with E-state index in [0.717, 1.165) is 38.6 Å². The Morgan fingerprint density at radius 1 is 0.750 bits per heavy atom. The Kier molecular flexibility index (Phi) is 3.92. The van der Waals surface area contributed by atoms with Gasteiger partial charge in [-0.15, -0.1) is 5.10 Å². The van der Waals surface area contributed by atoms with Crippen LogP contribution >= 0.6 is 11.6 Å². The number of hydrogen-bond acceptors (Lipinski definition) is 4. The Hall–Kier alpha value is -3.50. The second-order valence-corrected chi connectivity index (χ2v) is 6.93. The van der Waals surface area contributed by atoms with Gasteiger partial charge in [0.2, 0.25) is 5.55 Å². The van der Waals surface area contributed by atoms with Gasteiger partial charge in [-0.1, -0.05) is 54.1 Å². The molecule has 0 bridgehead atoms. The summed E-state index contributed by atoms with van der Waals surface area (Å²) in [5.74, 6) is 5.49. The van der Waals surface area contributed by atoms with Crippen molar-refractivity contribution in [3.8, 4) is 22.3 Å². The minimum Gasteiger partial charge on any atom is -0.464 e. The van der Waals surface area contributed by atoms with E-state index >= 15 is 0 Å². The minimum absolute atomic E-state index is 0.357. The zero-order valence-electron chi connectivity index (χ0n) is 14.7. The smallest absolute Gasteiger partial charge is 0.236 e. The molecule has 5 heteroatoms. The summed E-state index contributed by atoms with van der Waals surface area (Å²) in [6.07, 6.45) is 1.75. The molecule has 0 unspecified atom stereocenters. The summed E-state index contributed by atoms with van der Waals surface area (Å²) in [5, 5.41) is 6.40. The topological polar surface area (TPSA) is 64.7 Å². The predicted octanol–water partition coefficient (Wildman–Crippen LogP) is 5.94. The largest absolute Gasteiger partial charge is 0.464 e. The van der Waals surface area contributed by atoms with Gasteiger partial charge in [0, 0.05) is 33.5 Å². The Bertz CT molecular complexity index is 1370. The first-order chi connectivity index (χ1) is 13.7. The maximum absolute atomic E-state index is 6.03. The highest BCUT2D eigenvalue weighted by Gasteiger charge is 2.14. The van der Waals surface area contributed by atoms with Crippen molar-refractivity contribution in [2.24, 2.45) is 10.9 Å². The standard InChI is InChI=1S/C23H15ClN2O2/c24-16-8-6-15(7-9-16)20-13-27-21-12-22-18(10-19(20)21)17(11-23(26-25)28-22)14-4-2-1-3-5-14/h1-13H,25H2/b26-23-. The van der Waals surface area contributed by atoms with Crippen LogP contribution in [0.4, 0.5) is 0 Å². The van der Waals surface area contributed by atoms with Crippen molar-refractivity contribution in [2.45, 2.75) is 0 Å². The van der Waals surface area contributed by atoms with Crippen molar-refractivity contribution in [1.82, 2.24) is 0 Å². The van der Waals surface area contributed by atoms with Crippen molar-refractivity contribution in [3.05, 3.63) is 89.6 Å². The van der Waals surface area contributed by atoms with Crippen molar-refractivity contribution < 1.29 is 8.83 Å². The highest BCUT2D eigenvalue weighted by Crippen LogP contribution is 2.36. The predicted molar refractivity (Wildman–Crippen MR) is 112 cm³/mol. The zero-order chi connectivity index (χ0) is 19.1. The van der Waals surface area contributed by atoms with Gasteiger partial charge in [0.05, 0.1) is 6.26 Å². The van der Waals surface area contributed by atoms with E-state index in [1.807, 2.05) is 54.6 Å². The second kappa shape index (κ2) is 6.59. The monoisotopic (exact) mass is 386 g/mol. The number of nitrogens with two attached hydrogens (primary N) is 1. The molecular formula is C23H15ClN2O2. The lowest BCUT2D eigenvalue weighted by atomic mass is 9.98. The molecule has 5 aromatic rings. The molecule has 2 aromatic heterocycles. The molecule has 0 amide bonds. The third kappa shape index (κ3) is 2.75. The first-order valence-corrected chi connectivity index (χ1v) is 9.15. The molecule has 28 heavy (non-hydrogen) atoms. The van der Waals surface area contributed by atoms with Crippen LogP contribution in [0.25, 0.3) is 44.2 Å². The van der Waals surface area contributed by atoms with Gasteiger partial charge in [0.25, 0.3) is 0 Å². The van der Waals surface area contributed by atoms with Crippen LogP contribution < -0.4 is 11.4 Å². The van der Waals surface area contributed by atoms with Crippen LogP contribution in [0.15, 0.2) is 93.0 Å². The Labute approximate surface area is 165 Å². The maximum Gasteiger partial charge on any atom is 0.236 e. The lowest BCUT2D eigenvalue weighted by molar-refractivity contribution is 0.536. The highest BCUT2D eigenvalue weighted by atomic mass is 35.5. The van der Waals surface area contributed by atoms with Crippen molar-refractivity contribution in [3.63, 3.8) is 0 Å². The molecule has 0 fully saturated rings. The van der Waals surface area contributed by atoms with Gasteiger partial charge in [-0.2, -0.15) is 0 Å². The summed E-state index contributed by atoms with van der Waals surface area (Å²) in [6.45, 7) is 0. The number of furan rings is 1. The Balaban J connectivity index is 1.83. The third-order valence-electron chi connectivity index (χ3n) is 4.82. The number of hydrogen-bond donors (Lipinski definition) is 1. The number of fused-ring (bicyclic) bond motifs is 2. The van der Waals surface area contributed by atoms with E-state index in [1.165, 1.54) is 0 Å². The number of benzene rings is 3. The molecule has 0 saturated heterocycles. The molecule has 2 heterocycles. The van der Waals surface area contributed by atoms with Gasteiger partial charge in [0.1, 0.15) is 11.2 Å². The van der Waals surface area contributed by atoms with Gasteiger partial charge >= 0.3 is 0 Å². The number of nitrogens with zero attached hydrogens (tertiary/aromatic N) is 1. The molecular weight excluding hydrogens is 372 g/mol. The SMILES string of the molecule is N/N=c1/cc(-c2ccccc2)c2cc3c(-c4ccc(Cl)cc4)coc3cc2o1. The maximum atomic E-state index is 6.03. The van der Waals surface area contributed by atoms with Crippen LogP contribution in [0.3, 0.4) is 0 Å². The molecule has 3 aromatic carbocycles. The Morgan fingerprint density at radius 2 is 1.46 bits per heavy atom. The molecule has 0 spiro atoms. The van der Waals surface area contributed by atoms with Crippen LogP contribution in [-0.4, -0.2) is 0 Å². The molecule has 0 atom stereocenters. The van der Waals surface area contributed by atoms with E-state index in [-0.39, 0.29) is 0 Å². The fourth-order valence-corrected chi connectivity index (χ4v) is 3.59. The van der Waals surface area contributed by atoms with Gasteiger partial charge in [0.15, 0.2) is 0 Å². The van der Waals surface area contributed by atoms with E-state index in [4.69, 9.17) is 26.3 Å². The van der Waals surface area contributed by atoms with E-state index in [2.05, 4.69) is 23.3 Å². The average Bonchev–Trinajstić information content (AvgIpc) is 3.15. The summed E-state index contributed by atoms with van der Waals surface area (Å²) in [6, 6.07) is 23.6. The quantitative estimate of drug-likeness (QED) is 0.301. The summed E-state index contributed by atoms with van der Waals surface area (Å²) < 4.78 is 11.6. The van der Waals surface area contributed by atoms with Gasteiger partial charge in [-0.3, -0.25) is 0 Å². The van der Waals surface area contributed by atoms with E-state index in [1.54, 1.807) is 6.26 Å². The van der Waals surface area contributed by atoms with Gasteiger partial charge < -0.3 is 14.7 Å². The van der Waals surface area contributed by atoms with Gasteiger partial charge in [-0.25, -0.2) is 0 Å². The lowest BCUT2D eigenvalue weighted by Crippen LogP contribution is -2.05. The summed E-state index contributed by atoms with van der Waals surface area (Å²) in [7, 11) is 0. The molecule has 0 aliphatic rings. The number of halogens is 1. The second-order valence-electron chi connectivity index (χ2n) is 6.49. The molecule has 0 aliphatic carbocycles. The summed E-state index contributed by atoms with van der Waals surface area (Å²) in [4.78, 5) is 0. The van der Waals surface area contributed by atoms with E-state index < -0.39 is 0 Å². The minimum atomic E-state index is 0.357. The normalized spacial score (nSPS) is 12.1. The van der Waals surface area contributed by atoms with Crippen LogP contribution in [-0.2, 0) is 0 Å². The van der Waals surface area contributed by atoms with Crippen molar-refractivity contribution >= 4 is 33.5 Å². The van der Waals surface area contributed by atoms with Crippen molar-refractivity contribution in [2.75, 3.05) is 0 Å². The molecule has 2 N–H and O–H groups in total. The van der Waals surface area contributed by atoms with E-state index in [9.17, 15) is 0 Å². The average molecular weight is 387 g/mol. The molecule has 4 nitrogen and oxygen atoms in total.